The molecular weight excluding hydrogens is 186 g/mol. The molecule has 0 saturated carbocycles. The number of hydrogen-bond donors (Lipinski definition) is 3. The number of carbonyl (C=O) groups is 2. The number of urea groups is 1. The molecule has 6 heteroatoms. The van der Waals surface area contributed by atoms with Crippen molar-refractivity contribution in [1.29, 1.82) is 0 Å². The van der Waals surface area contributed by atoms with Crippen molar-refractivity contribution in [2.75, 3.05) is 5.73 Å². The van der Waals surface area contributed by atoms with Gasteiger partial charge < -0.3 is 16.3 Å². The molecule has 6 nitrogen and oxygen atoms in total. The van der Waals surface area contributed by atoms with Gasteiger partial charge >= 0.3 is 12.0 Å². The number of carbonyl (C=O) groups excluding carboxylic acids is 2. The Kier molecular flexibility index (Phi) is 2.90. The van der Waals surface area contributed by atoms with Crippen molar-refractivity contribution in [3.05, 3.63) is 29.8 Å². The molecule has 0 aliphatic heterocycles. The van der Waals surface area contributed by atoms with E-state index in [2.05, 4.69) is 4.84 Å². The molecule has 0 bridgehead atoms. The number of hydroxylamine groups is 1. The van der Waals surface area contributed by atoms with Crippen LogP contribution in [-0.2, 0) is 4.84 Å². The molecule has 74 valence electrons. The fourth-order valence-electron chi connectivity index (χ4n) is 0.775. The Hall–Kier alpha value is -2.24. The van der Waals surface area contributed by atoms with Crippen molar-refractivity contribution < 1.29 is 14.4 Å². The molecule has 1 aromatic carbocycles. The Morgan fingerprint density at radius 1 is 1.21 bits per heavy atom. The van der Waals surface area contributed by atoms with E-state index in [9.17, 15) is 9.59 Å². The number of primary amides is 1. The van der Waals surface area contributed by atoms with Crippen LogP contribution < -0.4 is 16.9 Å². The van der Waals surface area contributed by atoms with E-state index in [1.807, 2.05) is 0 Å². The van der Waals surface area contributed by atoms with E-state index >= 15 is 0 Å². The van der Waals surface area contributed by atoms with Crippen LogP contribution in [0.4, 0.5) is 10.5 Å². The molecular formula is C8H9N3O3. The van der Waals surface area contributed by atoms with Crippen LogP contribution in [0.5, 0.6) is 0 Å². The molecule has 0 aliphatic rings. The first kappa shape index (κ1) is 9.85. The Labute approximate surface area is 79.8 Å². The number of rotatable bonds is 1. The van der Waals surface area contributed by atoms with E-state index in [-0.39, 0.29) is 5.56 Å². The average Bonchev–Trinajstić information content (AvgIpc) is 2.15. The summed E-state index contributed by atoms with van der Waals surface area (Å²) in [6.45, 7) is 0. The van der Waals surface area contributed by atoms with E-state index in [1.54, 1.807) is 17.6 Å². The van der Waals surface area contributed by atoms with Crippen LogP contribution >= 0.6 is 0 Å². The molecule has 14 heavy (non-hydrogen) atoms. The fourth-order valence-corrected chi connectivity index (χ4v) is 0.775. The molecule has 1 rings (SSSR count). The van der Waals surface area contributed by atoms with Gasteiger partial charge in [0, 0.05) is 5.69 Å². The zero-order valence-electron chi connectivity index (χ0n) is 7.19. The van der Waals surface area contributed by atoms with Gasteiger partial charge in [0.1, 0.15) is 0 Å². The van der Waals surface area contributed by atoms with E-state index < -0.39 is 12.0 Å². The maximum Gasteiger partial charge on any atom is 0.363 e. The lowest BCUT2D eigenvalue weighted by molar-refractivity contribution is 0.0335. The summed E-state index contributed by atoms with van der Waals surface area (Å²) >= 11 is 0. The standard InChI is InChI=1S/C8H9N3O3/c9-6-3-1-5(2-4-6)7(12)14-11-8(10)13/h1-4H,9H2,(H3,10,11,13). The molecule has 0 spiro atoms. The van der Waals surface area contributed by atoms with Crippen LogP contribution in [0.2, 0.25) is 0 Å². The summed E-state index contributed by atoms with van der Waals surface area (Å²) in [4.78, 5) is 25.7. The van der Waals surface area contributed by atoms with Crippen LogP contribution in [0.1, 0.15) is 10.4 Å². The first-order chi connectivity index (χ1) is 6.59. The first-order valence-corrected chi connectivity index (χ1v) is 3.72. The monoisotopic (exact) mass is 195 g/mol. The predicted octanol–water partition coefficient (Wildman–Crippen LogP) is 0.00890. The minimum absolute atomic E-state index is 0.271. The summed E-state index contributed by atoms with van der Waals surface area (Å²) in [6.07, 6.45) is 0. The smallest absolute Gasteiger partial charge is 0.363 e. The number of amides is 2. The van der Waals surface area contributed by atoms with Crippen LogP contribution in [0.3, 0.4) is 0 Å². The predicted molar refractivity (Wildman–Crippen MR) is 49.0 cm³/mol. The summed E-state index contributed by atoms with van der Waals surface area (Å²) in [6, 6.07) is 5.09. The van der Waals surface area contributed by atoms with Gasteiger partial charge in [-0.25, -0.2) is 9.59 Å². The molecule has 0 radical (unpaired) electrons. The van der Waals surface area contributed by atoms with Crippen LogP contribution in [0.25, 0.3) is 0 Å². The lowest BCUT2D eigenvalue weighted by Gasteiger charge is -2.02. The van der Waals surface area contributed by atoms with Crippen molar-refractivity contribution in [3.63, 3.8) is 0 Å². The lowest BCUT2D eigenvalue weighted by Crippen LogP contribution is -2.31. The summed E-state index contributed by atoms with van der Waals surface area (Å²) in [7, 11) is 0. The lowest BCUT2D eigenvalue weighted by atomic mass is 10.2. The largest absolute Gasteiger partial charge is 0.399 e. The van der Waals surface area contributed by atoms with Crippen LogP contribution in [0.15, 0.2) is 24.3 Å². The van der Waals surface area contributed by atoms with Gasteiger partial charge in [-0.1, -0.05) is 0 Å². The van der Waals surface area contributed by atoms with Crippen molar-refractivity contribution in [3.8, 4) is 0 Å². The highest BCUT2D eigenvalue weighted by atomic mass is 16.7. The van der Waals surface area contributed by atoms with Gasteiger partial charge in [0.15, 0.2) is 0 Å². The highest BCUT2D eigenvalue weighted by Crippen LogP contribution is 2.05. The van der Waals surface area contributed by atoms with Gasteiger partial charge in [0.05, 0.1) is 5.56 Å². The minimum atomic E-state index is -0.936. The van der Waals surface area contributed by atoms with Gasteiger partial charge in [-0.05, 0) is 24.3 Å². The number of nitrogens with two attached hydrogens (primary N) is 2. The van der Waals surface area contributed by atoms with Crippen molar-refractivity contribution >= 4 is 17.7 Å². The second-order valence-electron chi connectivity index (χ2n) is 2.48. The normalized spacial score (nSPS) is 9.14. The molecule has 0 aromatic heterocycles. The quantitative estimate of drug-likeness (QED) is 0.433. The Balaban J connectivity index is 2.61. The molecule has 0 fully saturated rings. The molecule has 2 amide bonds. The van der Waals surface area contributed by atoms with E-state index in [0.29, 0.717) is 5.69 Å². The van der Waals surface area contributed by atoms with Gasteiger partial charge in [-0.2, -0.15) is 5.48 Å². The summed E-state index contributed by atoms with van der Waals surface area (Å²) in [5.74, 6) is -0.705. The Morgan fingerprint density at radius 2 is 1.79 bits per heavy atom. The third kappa shape index (κ3) is 2.67. The maximum absolute atomic E-state index is 11.1. The minimum Gasteiger partial charge on any atom is -0.399 e. The van der Waals surface area contributed by atoms with Crippen LogP contribution in [0, 0.1) is 0 Å². The third-order valence-corrected chi connectivity index (χ3v) is 1.39. The van der Waals surface area contributed by atoms with Crippen molar-refractivity contribution in [2.45, 2.75) is 0 Å². The zero-order chi connectivity index (χ0) is 10.6. The first-order valence-electron chi connectivity index (χ1n) is 3.72. The zero-order valence-corrected chi connectivity index (χ0v) is 7.19. The molecule has 0 atom stereocenters. The molecule has 1 aromatic rings. The summed E-state index contributed by atoms with van der Waals surface area (Å²) in [5, 5.41) is 0. The molecule has 0 aliphatic carbocycles. The number of benzene rings is 1. The van der Waals surface area contributed by atoms with Gasteiger partial charge in [0.2, 0.25) is 0 Å². The number of nitrogen functional groups attached to an aromatic ring is 1. The second-order valence-corrected chi connectivity index (χ2v) is 2.48. The van der Waals surface area contributed by atoms with Crippen LogP contribution in [-0.4, -0.2) is 12.0 Å². The third-order valence-electron chi connectivity index (χ3n) is 1.39. The molecule has 0 heterocycles. The second kappa shape index (κ2) is 4.13. The fraction of sp³-hybridized carbons (Fsp3) is 0. The van der Waals surface area contributed by atoms with E-state index in [0.717, 1.165) is 0 Å². The topological polar surface area (TPSA) is 107 Å². The Bertz CT molecular complexity index is 347. The van der Waals surface area contributed by atoms with E-state index in [1.165, 1.54) is 12.1 Å². The average molecular weight is 195 g/mol. The summed E-state index contributed by atoms with van der Waals surface area (Å²) < 4.78 is 0. The van der Waals surface area contributed by atoms with Crippen molar-refractivity contribution in [1.82, 2.24) is 5.48 Å². The SMILES string of the molecule is NC(=O)NOC(=O)c1ccc(N)cc1. The van der Waals surface area contributed by atoms with Gasteiger partial charge in [0.25, 0.3) is 0 Å². The highest BCUT2D eigenvalue weighted by Gasteiger charge is 2.07. The number of nitrogens with one attached hydrogen (secondary N) is 1. The van der Waals surface area contributed by atoms with Gasteiger partial charge in [-0.3, -0.25) is 0 Å². The van der Waals surface area contributed by atoms with Gasteiger partial charge in [-0.15, -0.1) is 0 Å². The molecule has 5 N–H and O–H groups in total. The summed E-state index contributed by atoms with van der Waals surface area (Å²) in [5.41, 5.74) is 12.6. The van der Waals surface area contributed by atoms with Crippen molar-refractivity contribution in [2.24, 2.45) is 5.73 Å². The van der Waals surface area contributed by atoms with E-state index in [4.69, 9.17) is 11.5 Å². The highest BCUT2D eigenvalue weighted by molar-refractivity contribution is 5.90. The molecule has 0 saturated heterocycles. The Morgan fingerprint density at radius 3 is 2.29 bits per heavy atom. The number of anilines is 1. The number of hydrogen-bond acceptors (Lipinski definition) is 4. The maximum atomic E-state index is 11.1. The molecule has 0 unspecified atom stereocenters.